The van der Waals surface area contributed by atoms with Gasteiger partial charge in [0.1, 0.15) is 24.9 Å². The molecule has 2 aromatic heterocycles. The van der Waals surface area contributed by atoms with Gasteiger partial charge < -0.3 is 23.9 Å². The number of esters is 1. The van der Waals surface area contributed by atoms with Crippen LogP contribution in [0.4, 0.5) is 0 Å². The fourth-order valence-corrected chi connectivity index (χ4v) is 3.52. The predicted octanol–water partition coefficient (Wildman–Crippen LogP) is 0.880. The molecule has 2 aliphatic heterocycles. The van der Waals surface area contributed by atoms with Crippen molar-refractivity contribution in [1.29, 1.82) is 0 Å². The van der Waals surface area contributed by atoms with Crippen molar-refractivity contribution >= 4 is 17.1 Å². The summed E-state index contributed by atoms with van der Waals surface area (Å²) in [6, 6.07) is 0. The Kier molecular flexibility index (Phi) is 4.49. The van der Waals surface area contributed by atoms with Gasteiger partial charge in [0.05, 0.1) is 12.7 Å². The molecule has 2 aromatic rings. The van der Waals surface area contributed by atoms with Gasteiger partial charge in [0.25, 0.3) is 5.56 Å². The van der Waals surface area contributed by atoms with Crippen LogP contribution in [0.3, 0.4) is 0 Å². The second-order valence-electron chi connectivity index (χ2n) is 7.12. The Bertz CT molecular complexity index is 906. The Morgan fingerprint density at radius 1 is 1.33 bits per heavy atom. The van der Waals surface area contributed by atoms with E-state index in [0.29, 0.717) is 18.5 Å². The van der Waals surface area contributed by atoms with Crippen LogP contribution in [0.1, 0.15) is 39.8 Å². The van der Waals surface area contributed by atoms with Crippen molar-refractivity contribution in [2.45, 2.75) is 63.9 Å². The van der Waals surface area contributed by atoms with Gasteiger partial charge in [-0.15, -0.1) is 0 Å². The maximum absolute atomic E-state index is 11.9. The summed E-state index contributed by atoms with van der Waals surface area (Å²) in [6.07, 6.45) is 1.91. The number of hydrogen-bond donors (Lipinski definition) is 1. The van der Waals surface area contributed by atoms with Gasteiger partial charge in [0.2, 0.25) is 0 Å². The molecule has 0 bridgehead atoms. The van der Waals surface area contributed by atoms with E-state index in [1.54, 1.807) is 4.57 Å². The molecule has 2 aliphatic rings. The fraction of sp³-hybridized carbons (Fsp3) is 0.647. The largest absolute Gasteiger partial charge is 0.463 e. The first-order chi connectivity index (χ1) is 12.9. The first-order valence-electron chi connectivity index (χ1n) is 8.96. The third-order valence-corrected chi connectivity index (χ3v) is 4.63. The van der Waals surface area contributed by atoms with Gasteiger partial charge in [-0.05, 0) is 20.3 Å². The summed E-state index contributed by atoms with van der Waals surface area (Å²) in [5.41, 5.74) is 0.273. The highest BCUT2D eigenvalue weighted by molar-refractivity contribution is 5.69. The Balaban J connectivity index is 1.62. The quantitative estimate of drug-likeness (QED) is 0.762. The van der Waals surface area contributed by atoms with Crippen LogP contribution in [0.5, 0.6) is 0 Å². The smallest absolute Gasteiger partial charge is 0.305 e. The fourth-order valence-electron chi connectivity index (χ4n) is 3.52. The number of imidazole rings is 1. The molecule has 10 heteroatoms. The molecule has 0 radical (unpaired) electrons. The number of nitrogens with zero attached hydrogens (tertiary/aromatic N) is 3. The molecule has 146 valence electrons. The molecule has 10 nitrogen and oxygen atoms in total. The van der Waals surface area contributed by atoms with Crippen molar-refractivity contribution in [1.82, 2.24) is 19.5 Å². The van der Waals surface area contributed by atoms with Crippen molar-refractivity contribution < 1.29 is 23.7 Å². The number of aromatic amines is 1. The number of carbonyl (C=O) groups is 1. The van der Waals surface area contributed by atoms with Crippen molar-refractivity contribution in [3.8, 4) is 0 Å². The number of hydrogen-bond acceptors (Lipinski definition) is 8. The third-order valence-electron chi connectivity index (χ3n) is 4.63. The van der Waals surface area contributed by atoms with Crippen LogP contribution >= 0.6 is 0 Å². The highest BCUT2D eigenvalue weighted by Crippen LogP contribution is 2.43. The van der Waals surface area contributed by atoms with E-state index in [0.717, 1.165) is 0 Å². The SMILES string of the molecule is CCCC(=O)OCC1OC(n2cnc3c(=O)[nH]cnc32)C2OC(C)(C)OC12. The molecule has 2 fully saturated rings. The van der Waals surface area contributed by atoms with Gasteiger partial charge in [0, 0.05) is 6.42 Å². The number of nitrogens with one attached hydrogen (secondary N) is 1. The van der Waals surface area contributed by atoms with Crippen molar-refractivity contribution in [3.05, 3.63) is 23.0 Å². The maximum Gasteiger partial charge on any atom is 0.305 e. The molecular formula is C17H22N4O6. The van der Waals surface area contributed by atoms with Crippen molar-refractivity contribution in [2.75, 3.05) is 6.61 Å². The molecule has 4 rings (SSSR count). The molecule has 4 heterocycles. The average Bonchev–Trinajstić information content (AvgIpc) is 3.25. The molecule has 0 amide bonds. The normalized spacial score (nSPS) is 29.1. The topological polar surface area (TPSA) is 118 Å². The van der Waals surface area contributed by atoms with Gasteiger partial charge in [-0.1, -0.05) is 6.92 Å². The number of fused-ring (bicyclic) bond motifs is 2. The zero-order valence-corrected chi connectivity index (χ0v) is 15.4. The minimum Gasteiger partial charge on any atom is -0.463 e. The number of H-pyrrole nitrogens is 1. The van der Waals surface area contributed by atoms with Gasteiger partial charge in [0.15, 0.2) is 23.2 Å². The molecule has 27 heavy (non-hydrogen) atoms. The van der Waals surface area contributed by atoms with E-state index in [-0.39, 0.29) is 23.7 Å². The summed E-state index contributed by atoms with van der Waals surface area (Å²) < 4.78 is 25.1. The Morgan fingerprint density at radius 2 is 2.11 bits per heavy atom. The first-order valence-corrected chi connectivity index (χ1v) is 8.96. The van der Waals surface area contributed by atoms with Crippen LogP contribution in [0.15, 0.2) is 17.4 Å². The highest BCUT2D eigenvalue weighted by atomic mass is 16.8. The molecule has 2 saturated heterocycles. The summed E-state index contributed by atoms with van der Waals surface area (Å²) in [7, 11) is 0. The average molecular weight is 378 g/mol. The predicted molar refractivity (Wildman–Crippen MR) is 91.8 cm³/mol. The Labute approximate surface area is 154 Å². The van der Waals surface area contributed by atoms with Crippen LogP contribution < -0.4 is 5.56 Å². The highest BCUT2D eigenvalue weighted by Gasteiger charge is 2.56. The summed E-state index contributed by atoms with van der Waals surface area (Å²) >= 11 is 0. The summed E-state index contributed by atoms with van der Waals surface area (Å²) in [4.78, 5) is 34.5. The molecule has 4 atom stereocenters. The van der Waals surface area contributed by atoms with Crippen LogP contribution in [0.25, 0.3) is 11.2 Å². The zero-order chi connectivity index (χ0) is 19.2. The van der Waals surface area contributed by atoms with Crippen LogP contribution in [0.2, 0.25) is 0 Å². The third kappa shape index (κ3) is 3.24. The number of carbonyl (C=O) groups excluding carboxylic acids is 1. The lowest BCUT2D eigenvalue weighted by Gasteiger charge is -2.24. The number of ether oxygens (including phenoxy) is 4. The van der Waals surface area contributed by atoms with Crippen LogP contribution in [0, 0.1) is 0 Å². The van der Waals surface area contributed by atoms with Gasteiger partial charge in [-0.3, -0.25) is 14.2 Å². The molecule has 0 spiro atoms. The van der Waals surface area contributed by atoms with Crippen LogP contribution in [-0.4, -0.2) is 56.2 Å². The second-order valence-corrected chi connectivity index (χ2v) is 7.12. The van der Waals surface area contributed by atoms with Gasteiger partial charge in [-0.2, -0.15) is 0 Å². The maximum atomic E-state index is 11.9. The first kappa shape index (κ1) is 18.1. The van der Waals surface area contributed by atoms with E-state index >= 15 is 0 Å². The lowest BCUT2D eigenvalue weighted by molar-refractivity contribution is -0.202. The lowest BCUT2D eigenvalue weighted by atomic mass is 10.1. The van der Waals surface area contributed by atoms with E-state index in [1.807, 2.05) is 20.8 Å². The second kappa shape index (κ2) is 6.70. The Morgan fingerprint density at radius 3 is 2.89 bits per heavy atom. The molecule has 1 N–H and O–H groups in total. The molecular weight excluding hydrogens is 356 g/mol. The van der Waals surface area contributed by atoms with E-state index in [1.165, 1.54) is 12.7 Å². The molecule has 0 aromatic carbocycles. The summed E-state index contributed by atoms with van der Waals surface area (Å²) in [6.45, 7) is 5.61. The van der Waals surface area contributed by atoms with E-state index < -0.39 is 30.3 Å². The van der Waals surface area contributed by atoms with Gasteiger partial charge >= 0.3 is 5.97 Å². The molecule has 0 aliphatic carbocycles. The lowest BCUT2D eigenvalue weighted by Crippen LogP contribution is -2.33. The standard InChI is InChI=1S/C17H22N4O6/c1-4-5-10(22)24-6-9-12-13(27-17(2,3)26-12)16(25-9)21-8-20-11-14(21)18-7-19-15(11)23/h7-9,12-13,16H,4-6H2,1-3H3,(H,18,19,23). The number of rotatable bonds is 5. The van der Waals surface area contributed by atoms with Gasteiger partial charge in [-0.25, -0.2) is 9.97 Å². The summed E-state index contributed by atoms with van der Waals surface area (Å²) in [5, 5.41) is 0. The van der Waals surface area contributed by atoms with Crippen molar-refractivity contribution in [2.24, 2.45) is 0 Å². The van der Waals surface area contributed by atoms with E-state index in [4.69, 9.17) is 18.9 Å². The summed E-state index contributed by atoms with van der Waals surface area (Å²) in [5.74, 6) is -1.08. The Hall–Kier alpha value is -2.30. The molecule has 4 unspecified atom stereocenters. The number of aromatic nitrogens is 4. The monoisotopic (exact) mass is 378 g/mol. The van der Waals surface area contributed by atoms with E-state index in [2.05, 4.69) is 15.0 Å². The van der Waals surface area contributed by atoms with E-state index in [9.17, 15) is 9.59 Å². The van der Waals surface area contributed by atoms with Crippen LogP contribution in [-0.2, 0) is 23.7 Å². The van der Waals surface area contributed by atoms with Crippen molar-refractivity contribution in [3.63, 3.8) is 0 Å². The minimum atomic E-state index is -0.801. The molecule has 0 saturated carbocycles. The minimum absolute atomic E-state index is 0.0661. The zero-order valence-electron chi connectivity index (χ0n) is 15.4.